The van der Waals surface area contributed by atoms with Crippen LogP contribution < -0.4 is 10.1 Å². The molecule has 0 heterocycles. The molecule has 0 spiro atoms. The van der Waals surface area contributed by atoms with E-state index in [9.17, 15) is 9.59 Å². The molecule has 0 fully saturated rings. The summed E-state index contributed by atoms with van der Waals surface area (Å²) in [7, 11) is 0. The van der Waals surface area contributed by atoms with Crippen LogP contribution in [0.5, 0.6) is 5.75 Å². The first kappa shape index (κ1) is 25.0. The summed E-state index contributed by atoms with van der Waals surface area (Å²) in [5, 5.41) is 11.7. The van der Waals surface area contributed by atoms with E-state index in [2.05, 4.69) is 43.4 Å². The predicted molar refractivity (Wildman–Crippen MR) is 136 cm³/mol. The first-order chi connectivity index (χ1) is 16.4. The largest absolute Gasteiger partial charge is 0.493 e. The van der Waals surface area contributed by atoms with E-state index in [1.54, 1.807) is 0 Å². The Labute approximate surface area is 201 Å². The van der Waals surface area contributed by atoms with Crippen molar-refractivity contribution in [2.45, 2.75) is 51.9 Å². The lowest BCUT2D eigenvalue weighted by atomic mass is 9.92. The lowest BCUT2D eigenvalue weighted by molar-refractivity contribution is -0.137. The molecule has 0 aliphatic carbocycles. The molecule has 0 saturated carbocycles. The van der Waals surface area contributed by atoms with E-state index in [4.69, 9.17) is 9.84 Å². The first-order valence-corrected chi connectivity index (χ1v) is 11.9. The standard InChI is InChI=1S/C29H33NO4/c1-21(2)26-20-24(16-17-25(26)22-11-5-3-6-12-22)30-28(31)19-23-13-8-9-14-27(23)34-18-10-4-7-15-29(32)33/h3,5-6,8-9,11-14,16-17,20-21H,4,7,10,15,18-19H2,1-2H3,(H,30,31)(H,32,33). The quantitative estimate of drug-likeness (QED) is 0.296. The van der Waals surface area contributed by atoms with Gasteiger partial charge in [-0.2, -0.15) is 0 Å². The van der Waals surface area contributed by atoms with Crippen molar-refractivity contribution >= 4 is 17.6 Å². The molecule has 0 aliphatic heterocycles. The average molecular weight is 460 g/mol. The fraction of sp³-hybridized carbons (Fsp3) is 0.310. The van der Waals surface area contributed by atoms with Gasteiger partial charge < -0.3 is 15.2 Å². The highest BCUT2D eigenvalue weighted by molar-refractivity contribution is 5.93. The van der Waals surface area contributed by atoms with Gasteiger partial charge in [0.2, 0.25) is 5.91 Å². The topological polar surface area (TPSA) is 75.6 Å². The summed E-state index contributed by atoms with van der Waals surface area (Å²) >= 11 is 0. The zero-order valence-electron chi connectivity index (χ0n) is 19.9. The summed E-state index contributed by atoms with van der Waals surface area (Å²) < 4.78 is 5.88. The van der Waals surface area contributed by atoms with Crippen molar-refractivity contribution in [3.05, 3.63) is 83.9 Å². The van der Waals surface area contributed by atoms with E-state index < -0.39 is 5.97 Å². The molecule has 1 amide bonds. The Balaban J connectivity index is 1.61. The molecule has 0 aliphatic rings. The second-order valence-corrected chi connectivity index (χ2v) is 8.71. The smallest absolute Gasteiger partial charge is 0.303 e. The normalized spacial score (nSPS) is 10.8. The van der Waals surface area contributed by atoms with Crippen molar-refractivity contribution in [3.63, 3.8) is 0 Å². The lowest BCUT2D eigenvalue weighted by Gasteiger charge is -2.16. The highest BCUT2D eigenvalue weighted by Gasteiger charge is 2.13. The lowest BCUT2D eigenvalue weighted by Crippen LogP contribution is -2.15. The van der Waals surface area contributed by atoms with Crippen LogP contribution in [0.3, 0.4) is 0 Å². The van der Waals surface area contributed by atoms with Crippen LogP contribution in [-0.2, 0) is 16.0 Å². The molecule has 5 nitrogen and oxygen atoms in total. The van der Waals surface area contributed by atoms with E-state index in [-0.39, 0.29) is 18.7 Å². The van der Waals surface area contributed by atoms with Crippen molar-refractivity contribution < 1.29 is 19.4 Å². The fourth-order valence-corrected chi connectivity index (χ4v) is 3.90. The van der Waals surface area contributed by atoms with Gasteiger partial charge in [0.25, 0.3) is 0 Å². The maximum Gasteiger partial charge on any atom is 0.303 e. The maximum absolute atomic E-state index is 12.8. The van der Waals surface area contributed by atoms with Gasteiger partial charge in [0.15, 0.2) is 0 Å². The minimum Gasteiger partial charge on any atom is -0.493 e. The summed E-state index contributed by atoms with van der Waals surface area (Å²) in [5.74, 6) is 0.141. The van der Waals surface area contributed by atoms with Gasteiger partial charge in [0.05, 0.1) is 13.0 Å². The van der Waals surface area contributed by atoms with Crippen molar-refractivity contribution in [2.75, 3.05) is 11.9 Å². The van der Waals surface area contributed by atoms with Gasteiger partial charge in [-0.25, -0.2) is 0 Å². The Hall–Kier alpha value is -3.60. The second kappa shape index (κ2) is 12.6. The van der Waals surface area contributed by atoms with Crippen LogP contribution in [0.25, 0.3) is 11.1 Å². The number of carboxylic acids is 1. The fourth-order valence-electron chi connectivity index (χ4n) is 3.90. The predicted octanol–water partition coefficient (Wildman–Crippen LogP) is 6.68. The van der Waals surface area contributed by atoms with Gasteiger partial charge in [-0.1, -0.05) is 68.4 Å². The van der Waals surface area contributed by atoms with Crippen LogP contribution in [0.2, 0.25) is 0 Å². The zero-order valence-corrected chi connectivity index (χ0v) is 19.9. The summed E-state index contributed by atoms with van der Waals surface area (Å²) in [6.45, 7) is 4.81. The van der Waals surface area contributed by atoms with Crippen molar-refractivity contribution in [3.8, 4) is 16.9 Å². The molecule has 0 unspecified atom stereocenters. The number of hydrogen-bond donors (Lipinski definition) is 2. The van der Waals surface area contributed by atoms with Gasteiger partial charge >= 0.3 is 5.97 Å². The summed E-state index contributed by atoms with van der Waals surface area (Å²) in [6, 6.07) is 23.9. The summed E-state index contributed by atoms with van der Waals surface area (Å²) in [6.07, 6.45) is 2.62. The Morgan fingerprint density at radius 2 is 1.65 bits per heavy atom. The zero-order chi connectivity index (χ0) is 24.3. The Morgan fingerprint density at radius 1 is 0.912 bits per heavy atom. The number of nitrogens with one attached hydrogen (secondary N) is 1. The molecule has 0 aromatic heterocycles. The van der Waals surface area contributed by atoms with Crippen LogP contribution in [0, 0.1) is 0 Å². The van der Waals surface area contributed by atoms with Gasteiger partial charge in [-0.15, -0.1) is 0 Å². The third-order valence-corrected chi connectivity index (χ3v) is 5.66. The van der Waals surface area contributed by atoms with Crippen molar-refractivity contribution in [1.82, 2.24) is 0 Å². The van der Waals surface area contributed by atoms with E-state index in [1.165, 1.54) is 11.1 Å². The number of aliphatic carboxylic acids is 1. The molecule has 34 heavy (non-hydrogen) atoms. The van der Waals surface area contributed by atoms with E-state index >= 15 is 0 Å². The molecular formula is C29H33NO4. The molecule has 178 valence electrons. The maximum atomic E-state index is 12.8. The minimum absolute atomic E-state index is 0.0975. The van der Waals surface area contributed by atoms with Gasteiger partial charge in [-0.05, 0) is 60.1 Å². The molecule has 5 heteroatoms. The van der Waals surface area contributed by atoms with Crippen molar-refractivity contribution in [2.24, 2.45) is 0 Å². The van der Waals surface area contributed by atoms with Gasteiger partial charge in [0.1, 0.15) is 5.75 Å². The first-order valence-electron chi connectivity index (χ1n) is 11.9. The third kappa shape index (κ3) is 7.48. The van der Waals surface area contributed by atoms with Crippen LogP contribution in [0.1, 0.15) is 56.6 Å². The Morgan fingerprint density at radius 3 is 2.38 bits per heavy atom. The van der Waals surface area contributed by atoms with E-state index in [0.717, 1.165) is 29.7 Å². The van der Waals surface area contributed by atoms with E-state index in [0.29, 0.717) is 24.7 Å². The number of carboxylic acid groups (broad SMARTS) is 1. The second-order valence-electron chi connectivity index (χ2n) is 8.71. The van der Waals surface area contributed by atoms with Crippen LogP contribution in [0.15, 0.2) is 72.8 Å². The summed E-state index contributed by atoms with van der Waals surface area (Å²) in [4.78, 5) is 23.4. The molecule has 3 rings (SSSR count). The number of unbranched alkanes of at least 4 members (excludes halogenated alkanes) is 2. The number of amides is 1. The van der Waals surface area contributed by atoms with Gasteiger partial charge in [0, 0.05) is 17.7 Å². The molecule has 0 atom stereocenters. The number of carbonyl (C=O) groups excluding carboxylic acids is 1. The number of ether oxygens (including phenoxy) is 1. The number of hydrogen-bond acceptors (Lipinski definition) is 3. The van der Waals surface area contributed by atoms with Crippen LogP contribution >= 0.6 is 0 Å². The molecule has 3 aromatic carbocycles. The highest BCUT2D eigenvalue weighted by atomic mass is 16.5. The van der Waals surface area contributed by atoms with Gasteiger partial charge in [-0.3, -0.25) is 9.59 Å². The summed E-state index contributed by atoms with van der Waals surface area (Å²) in [5.41, 5.74) is 5.14. The average Bonchev–Trinajstić information content (AvgIpc) is 2.82. The monoisotopic (exact) mass is 459 g/mol. The molecular weight excluding hydrogens is 426 g/mol. The number of rotatable bonds is 12. The third-order valence-electron chi connectivity index (χ3n) is 5.66. The van der Waals surface area contributed by atoms with Crippen LogP contribution in [0.4, 0.5) is 5.69 Å². The number of para-hydroxylation sites is 1. The molecule has 0 radical (unpaired) electrons. The SMILES string of the molecule is CC(C)c1cc(NC(=O)Cc2ccccc2OCCCCCC(=O)O)ccc1-c1ccccc1. The van der Waals surface area contributed by atoms with Crippen molar-refractivity contribution in [1.29, 1.82) is 0 Å². The minimum atomic E-state index is -0.771. The Kier molecular flexibility index (Phi) is 9.27. The highest BCUT2D eigenvalue weighted by Crippen LogP contribution is 2.31. The Bertz CT molecular complexity index is 1090. The molecule has 2 N–H and O–H groups in total. The molecule has 0 bridgehead atoms. The number of anilines is 1. The van der Waals surface area contributed by atoms with E-state index in [1.807, 2.05) is 48.5 Å². The number of carbonyl (C=O) groups is 2. The molecule has 0 saturated heterocycles. The number of benzene rings is 3. The van der Waals surface area contributed by atoms with Crippen LogP contribution in [-0.4, -0.2) is 23.6 Å². The molecule has 3 aromatic rings.